The summed E-state index contributed by atoms with van der Waals surface area (Å²) in [5.41, 5.74) is 23.7. The third-order valence-corrected chi connectivity index (χ3v) is 15.9. The molecule has 1 heterocycles. The van der Waals surface area contributed by atoms with E-state index in [1.54, 1.807) is 0 Å². The van der Waals surface area contributed by atoms with E-state index in [0.717, 1.165) is 55.5 Å². The molecule has 71 heavy (non-hydrogen) atoms. The van der Waals surface area contributed by atoms with Gasteiger partial charge in [0.25, 0.3) is 0 Å². The molecule has 1 unspecified atom stereocenters. The Morgan fingerprint density at radius 3 is 1.82 bits per heavy atom. The standard InChI is InChI=1S/C69H49NO/c1-68(2)60-30-12-9-25-54(60)57-28-16-29-58(66(57)68)56-26-11-14-32-63(56)70(50-22-15-19-47(42-50)51-27-17-33-64-65(51)59-41-36-45-18-7-8-23-52(45)67(59)71-64)49-38-34-44(35-39-49)46-37-40-55-53-24-10-13-31-61(53)69(3,62(55)43-46)48-20-5-4-6-21-48/h4-43H,1-3H3. The van der Waals surface area contributed by atoms with Crippen LogP contribution in [0.25, 0.3) is 88.3 Å². The molecule has 0 radical (unpaired) electrons. The highest BCUT2D eigenvalue weighted by Crippen LogP contribution is 2.55. The summed E-state index contributed by atoms with van der Waals surface area (Å²) >= 11 is 0. The van der Waals surface area contributed by atoms with Crippen molar-refractivity contribution in [3.63, 3.8) is 0 Å². The summed E-state index contributed by atoms with van der Waals surface area (Å²) in [5.74, 6) is 0. The summed E-state index contributed by atoms with van der Waals surface area (Å²) in [6.45, 7) is 7.16. The lowest BCUT2D eigenvalue weighted by molar-refractivity contribution is 0.662. The van der Waals surface area contributed by atoms with E-state index in [-0.39, 0.29) is 10.8 Å². The molecule has 0 bridgehead atoms. The molecular formula is C69H49NO. The van der Waals surface area contributed by atoms with Crippen molar-refractivity contribution in [2.24, 2.45) is 0 Å². The SMILES string of the molecule is CC1(C)c2ccccc2-c2cccc(-c3ccccc3N(c3ccc(-c4ccc5c(c4)C(C)(c4ccccc4)c4ccccc4-5)cc3)c3cccc(-c4cccc5oc6c7ccccc7ccc6c45)c3)c21. The maximum absolute atomic E-state index is 6.70. The fourth-order valence-corrected chi connectivity index (χ4v) is 12.6. The molecule has 11 aromatic carbocycles. The van der Waals surface area contributed by atoms with Crippen LogP contribution in [0.1, 0.15) is 48.6 Å². The molecule has 2 aliphatic carbocycles. The fraction of sp³-hybridized carbons (Fsp3) is 0.0725. The normalized spacial score (nSPS) is 15.1. The van der Waals surface area contributed by atoms with Crippen LogP contribution >= 0.6 is 0 Å². The first-order valence-electron chi connectivity index (χ1n) is 24.8. The fourth-order valence-electron chi connectivity index (χ4n) is 12.6. The first-order chi connectivity index (χ1) is 34.9. The summed E-state index contributed by atoms with van der Waals surface area (Å²) in [6.07, 6.45) is 0. The lowest BCUT2D eigenvalue weighted by atomic mass is 9.74. The Morgan fingerprint density at radius 1 is 0.366 bits per heavy atom. The maximum atomic E-state index is 6.70. The second kappa shape index (κ2) is 15.7. The number of para-hydroxylation sites is 1. The number of rotatable bonds is 7. The molecule has 0 N–H and O–H groups in total. The molecular weight excluding hydrogens is 859 g/mol. The molecule has 14 rings (SSSR count). The number of anilines is 3. The van der Waals surface area contributed by atoms with E-state index in [1.165, 1.54) is 77.7 Å². The second-order valence-electron chi connectivity index (χ2n) is 20.1. The van der Waals surface area contributed by atoms with Gasteiger partial charge in [-0.3, -0.25) is 0 Å². The number of benzene rings is 11. The molecule has 2 heteroatoms. The highest BCUT2D eigenvalue weighted by molar-refractivity contribution is 6.19. The summed E-state index contributed by atoms with van der Waals surface area (Å²) in [4.78, 5) is 2.46. The Morgan fingerprint density at radius 2 is 0.986 bits per heavy atom. The van der Waals surface area contributed by atoms with Gasteiger partial charge >= 0.3 is 0 Å². The highest BCUT2D eigenvalue weighted by Gasteiger charge is 2.41. The number of hydrogen-bond acceptors (Lipinski definition) is 2. The third kappa shape index (κ3) is 6.14. The van der Waals surface area contributed by atoms with Crippen molar-refractivity contribution in [2.45, 2.75) is 31.6 Å². The van der Waals surface area contributed by atoms with Crippen LogP contribution in [-0.4, -0.2) is 0 Å². The van der Waals surface area contributed by atoms with Gasteiger partial charge in [-0.2, -0.15) is 0 Å². The Hall–Kier alpha value is -8.72. The average molecular weight is 908 g/mol. The molecule has 0 aliphatic heterocycles. The van der Waals surface area contributed by atoms with Gasteiger partial charge in [-0.05, 0) is 139 Å². The molecule has 0 spiro atoms. The minimum atomic E-state index is -0.275. The minimum absolute atomic E-state index is 0.187. The number of furan rings is 1. The van der Waals surface area contributed by atoms with Crippen LogP contribution in [-0.2, 0) is 10.8 Å². The van der Waals surface area contributed by atoms with E-state index >= 15 is 0 Å². The Labute approximate surface area is 414 Å². The molecule has 1 aromatic heterocycles. The molecule has 0 saturated heterocycles. The third-order valence-electron chi connectivity index (χ3n) is 15.9. The van der Waals surface area contributed by atoms with Crippen LogP contribution in [0.4, 0.5) is 17.1 Å². The molecule has 1 atom stereocenters. The molecule has 12 aromatic rings. The zero-order valence-corrected chi connectivity index (χ0v) is 39.9. The lowest BCUT2D eigenvalue weighted by Crippen LogP contribution is -2.22. The van der Waals surface area contributed by atoms with Gasteiger partial charge in [-0.25, -0.2) is 0 Å². The van der Waals surface area contributed by atoms with Crippen LogP contribution in [0.3, 0.4) is 0 Å². The van der Waals surface area contributed by atoms with Crippen molar-refractivity contribution in [3.05, 3.63) is 270 Å². The Bertz CT molecular complexity index is 4100. The van der Waals surface area contributed by atoms with Crippen molar-refractivity contribution in [1.82, 2.24) is 0 Å². The summed E-state index contributed by atoms with van der Waals surface area (Å²) in [6, 6.07) is 89.4. The molecule has 2 aliphatic rings. The minimum Gasteiger partial charge on any atom is -0.455 e. The Kier molecular flexibility index (Phi) is 9.10. The van der Waals surface area contributed by atoms with Crippen molar-refractivity contribution in [1.29, 1.82) is 0 Å². The summed E-state index contributed by atoms with van der Waals surface area (Å²) < 4.78 is 6.70. The van der Waals surface area contributed by atoms with Crippen LogP contribution in [0.5, 0.6) is 0 Å². The van der Waals surface area contributed by atoms with E-state index in [2.05, 4.69) is 268 Å². The molecule has 336 valence electrons. The van der Waals surface area contributed by atoms with Crippen LogP contribution in [0.2, 0.25) is 0 Å². The molecule has 0 amide bonds. The van der Waals surface area contributed by atoms with Gasteiger partial charge in [0.1, 0.15) is 11.2 Å². The molecule has 0 fully saturated rings. The van der Waals surface area contributed by atoms with Crippen molar-refractivity contribution in [3.8, 4) is 55.6 Å². The van der Waals surface area contributed by atoms with Gasteiger partial charge in [0.05, 0.1) is 5.69 Å². The predicted molar refractivity (Wildman–Crippen MR) is 297 cm³/mol. The molecule has 0 saturated carbocycles. The zero-order chi connectivity index (χ0) is 47.4. The number of fused-ring (bicyclic) bond motifs is 11. The van der Waals surface area contributed by atoms with Crippen LogP contribution < -0.4 is 4.90 Å². The largest absolute Gasteiger partial charge is 0.455 e. The van der Waals surface area contributed by atoms with Crippen LogP contribution in [0, 0.1) is 0 Å². The summed E-state index contributed by atoms with van der Waals surface area (Å²) in [5, 5.41) is 4.55. The first kappa shape index (κ1) is 41.3. The zero-order valence-electron chi connectivity index (χ0n) is 39.9. The van der Waals surface area contributed by atoms with Gasteiger partial charge in [-0.15, -0.1) is 0 Å². The van der Waals surface area contributed by atoms with Gasteiger partial charge in [0.2, 0.25) is 0 Å². The van der Waals surface area contributed by atoms with E-state index in [4.69, 9.17) is 4.42 Å². The van der Waals surface area contributed by atoms with Gasteiger partial charge < -0.3 is 9.32 Å². The monoisotopic (exact) mass is 907 g/mol. The summed E-state index contributed by atoms with van der Waals surface area (Å²) in [7, 11) is 0. The van der Waals surface area contributed by atoms with Crippen molar-refractivity contribution < 1.29 is 4.42 Å². The number of hydrogen-bond donors (Lipinski definition) is 0. The van der Waals surface area contributed by atoms with Gasteiger partial charge in [-0.1, -0.05) is 208 Å². The van der Waals surface area contributed by atoms with E-state index in [0.29, 0.717) is 0 Å². The average Bonchev–Trinajstić information content (AvgIpc) is 4.03. The van der Waals surface area contributed by atoms with E-state index in [9.17, 15) is 0 Å². The maximum Gasteiger partial charge on any atom is 0.143 e. The lowest BCUT2D eigenvalue weighted by Gasteiger charge is -2.30. The quantitative estimate of drug-likeness (QED) is 0.158. The molecule has 2 nitrogen and oxygen atoms in total. The first-order valence-corrected chi connectivity index (χ1v) is 24.8. The van der Waals surface area contributed by atoms with Crippen molar-refractivity contribution >= 4 is 49.8 Å². The van der Waals surface area contributed by atoms with E-state index < -0.39 is 0 Å². The van der Waals surface area contributed by atoms with Gasteiger partial charge in [0, 0.05) is 43.9 Å². The van der Waals surface area contributed by atoms with Crippen molar-refractivity contribution in [2.75, 3.05) is 4.90 Å². The van der Waals surface area contributed by atoms with Crippen LogP contribution in [0.15, 0.2) is 247 Å². The number of nitrogens with zero attached hydrogens (tertiary/aromatic N) is 1. The van der Waals surface area contributed by atoms with Gasteiger partial charge in [0.15, 0.2) is 0 Å². The second-order valence-corrected chi connectivity index (χ2v) is 20.1. The topological polar surface area (TPSA) is 16.4 Å². The Balaban J connectivity index is 0.937. The van der Waals surface area contributed by atoms with E-state index in [1.807, 2.05) is 0 Å². The predicted octanol–water partition coefficient (Wildman–Crippen LogP) is 18.9. The smallest absolute Gasteiger partial charge is 0.143 e. The highest BCUT2D eigenvalue weighted by atomic mass is 16.3.